The van der Waals surface area contributed by atoms with E-state index < -0.39 is 30.1 Å². The maximum Gasteiger partial charge on any atom is 0.408 e. The van der Waals surface area contributed by atoms with Crippen LogP contribution in [0.2, 0.25) is 0 Å². The molecule has 1 aromatic carbocycles. The van der Waals surface area contributed by atoms with Crippen LogP contribution in [0.25, 0.3) is 0 Å². The minimum atomic E-state index is -0.783. The summed E-state index contributed by atoms with van der Waals surface area (Å²) in [5.41, 5.74) is 0.852. The van der Waals surface area contributed by atoms with Gasteiger partial charge < -0.3 is 20.1 Å². The summed E-state index contributed by atoms with van der Waals surface area (Å²) in [5, 5.41) is 5.21. The van der Waals surface area contributed by atoms with Gasteiger partial charge in [-0.3, -0.25) is 4.79 Å². The van der Waals surface area contributed by atoms with Crippen LogP contribution in [-0.2, 0) is 25.7 Å². The molecule has 0 spiro atoms. The third-order valence-corrected chi connectivity index (χ3v) is 3.82. The van der Waals surface area contributed by atoms with Crippen LogP contribution in [-0.4, -0.2) is 37.2 Å². The van der Waals surface area contributed by atoms with Gasteiger partial charge in [0.2, 0.25) is 5.91 Å². The zero-order valence-electron chi connectivity index (χ0n) is 15.8. The van der Waals surface area contributed by atoms with E-state index in [1.807, 2.05) is 37.3 Å². The van der Waals surface area contributed by atoms with E-state index in [0.717, 1.165) is 5.56 Å². The van der Waals surface area contributed by atoms with Crippen LogP contribution in [0.1, 0.15) is 39.2 Å². The number of nitrogens with one attached hydrogen (secondary N) is 2. The molecule has 0 aliphatic carbocycles. The number of carbonyl (C=O) groups excluding carboxylic acids is 3. The van der Waals surface area contributed by atoms with Gasteiger partial charge in [-0.15, -0.1) is 0 Å². The van der Waals surface area contributed by atoms with Crippen LogP contribution in [0.15, 0.2) is 30.3 Å². The van der Waals surface area contributed by atoms with Crippen LogP contribution in [0.4, 0.5) is 4.79 Å². The number of alkyl carbamates (subject to hydrolysis) is 1. The first-order valence-corrected chi connectivity index (χ1v) is 8.74. The third kappa shape index (κ3) is 7.13. The molecule has 2 N–H and O–H groups in total. The predicted molar refractivity (Wildman–Crippen MR) is 97.2 cm³/mol. The lowest BCUT2D eigenvalue weighted by Gasteiger charge is -2.23. The second-order valence-electron chi connectivity index (χ2n) is 6.30. The average molecular weight is 364 g/mol. The van der Waals surface area contributed by atoms with E-state index in [4.69, 9.17) is 9.47 Å². The van der Waals surface area contributed by atoms with Crippen molar-refractivity contribution in [1.82, 2.24) is 10.6 Å². The highest BCUT2D eigenvalue weighted by atomic mass is 16.5. The zero-order valence-corrected chi connectivity index (χ0v) is 15.8. The molecule has 0 aliphatic heterocycles. The highest BCUT2D eigenvalue weighted by Gasteiger charge is 2.29. The minimum absolute atomic E-state index is 0.115. The molecule has 0 fully saturated rings. The summed E-state index contributed by atoms with van der Waals surface area (Å²) in [4.78, 5) is 36.3. The maximum absolute atomic E-state index is 12.5. The fourth-order valence-corrected chi connectivity index (χ4v) is 2.34. The van der Waals surface area contributed by atoms with Crippen LogP contribution in [0.3, 0.4) is 0 Å². The molecule has 1 rings (SSSR count). The minimum Gasteiger partial charge on any atom is -0.467 e. The topological polar surface area (TPSA) is 93.7 Å². The van der Waals surface area contributed by atoms with Crippen molar-refractivity contribution in [2.75, 3.05) is 7.11 Å². The van der Waals surface area contributed by atoms with Crippen LogP contribution >= 0.6 is 0 Å². The standard InChI is InChI=1S/C19H28N2O5/c1-5-9-15(17(22)21-16(13(2)3)18(23)25-4)20-19(24)26-12-14-10-7-6-8-11-14/h6-8,10-11,13,15-16H,5,9,12H2,1-4H3,(H,20,24)(H,21,22)/t15?,16-/m0/s1. The Bertz CT molecular complexity index is 589. The lowest BCUT2D eigenvalue weighted by molar-refractivity contribution is -0.146. The molecule has 144 valence electrons. The van der Waals surface area contributed by atoms with E-state index in [0.29, 0.717) is 12.8 Å². The number of amides is 2. The summed E-state index contributed by atoms with van der Waals surface area (Å²) in [6.07, 6.45) is 0.432. The fraction of sp³-hybridized carbons (Fsp3) is 0.526. The smallest absolute Gasteiger partial charge is 0.408 e. The van der Waals surface area contributed by atoms with Gasteiger partial charge in [-0.05, 0) is 17.9 Å². The summed E-state index contributed by atoms with van der Waals surface area (Å²) in [6, 6.07) is 7.70. The van der Waals surface area contributed by atoms with Crippen LogP contribution in [0.5, 0.6) is 0 Å². The van der Waals surface area contributed by atoms with Crippen molar-refractivity contribution in [3.05, 3.63) is 35.9 Å². The Labute approximate surface area is 154 Å². The molecule has 1 aromatic rings. The zero-order chi connectivity index (χ0) is 19.5. The number of ether oxygens (including phenoxy) is 2. The Kier molecular flexibility index (Phi) is 9.19. The molecule has 0 heterocycles. The maximum atomic E-state index is 12.5. The number of hydrogen-bond donors (Lipinski definition) is 2. The second-order valence-corrected chi connectivity index (χ2v) is 6.30. The first kappa shape index (κ1) is 21.5. The second kappa shape index (κ2) is 11.1. The first-order chi connectivity index (χ1) is 12.4. The monoisotopic (exact) mass is 364 g/mol. The van der Waals surface area contributed by atoms with Gasteiger partial charge in [-0.2, -0.15) is 0 Å². The summed E-state index contributed by atoms with van der Waals surface area (Å²) < 4.78 is 9.87. The predicted octanol–water partition coefficient (Wildman–Crippen LogP) is 2.40. The quantitative estimate of drug-likeness (QED) is 0.656. The molecule has 0 bridgehead atoms. The van der Waals surface area contributed by atoms with E-state index >= 15 is 0 Å². The molecule has 2 amide bonds. The van der Waals surface area contributed by atoms with Crippen LogP contribution < -0.4 is 10.6 Å². The van der Waals surface area contributed by atoms with Crippen molar-refractivity contribution in [1.29, 1.82) is 0 Å². The Hall–Kier alpha value is -2.57. The molecule has 7 heteroatoms. The Morgan fingerprint density at radius 3 is 2.27 bits per heavy atom. The van der Waals surface area contributed by atoms with E-state index in [2.05, 4.69) is 10.6 Å². The molecule has 26 heavy (non-hydrogen) atoms. The molecular weight excluding hydrogens is 336 g/mol. The van der Waals surface area contributed by atoms with Crippen molar-refractivity contribution in [3.63, 3.8) is 0 Å². The molecule has 1 unspecified atom stereocenters. The SMILES string of the molecule is CCCC(NC(=O)OCc1ccccc1)C(=O)N[C@H](C(=O)OC)C(C)C. The molecule has 0 saturated carbocycles. The van der Waals surface area contributed by atoms with Gasteiger partial charge in [0.15, 0.2) is 0 Å². The summed E-state index contributed by atoms with van der Waals surface area (Å²) in [5.74, 6) is -1.10. The van der Waals surface area contributed by atoms with Crippen molar-refractivity contribution in [3.8, 4) is 0 Å². The van der Waals surface area contributed by atoms with Crippen molar-refractivity contribution >= 4 is 18.0 Å². The molecule has 0 aliphatic rings. The average Bonchev–Trinajstić information content (AvgIpc) is 2.63. The van der Waals surface area contributed by atoms with Gasteiger partial charge in [0.25, 0.3) is 0 Å². The highest BCUT2D eigenvalue weighted by molar-refractivity contribution is 5.89. The molecule has 0 aromatic heterocycles. The number of esters is 1. The number of benzene rings is 1. The first-order valence-electron chi connectivity index (χ1n) is 8.74. The van der Waals surface area contributed by atoms with Gasteiger partial charge in [-0.25, -0.2) is 9.59 Å². The Morgan fingerprint density at radius 1 is 1.08 bits per heavy atom. The van der Waals surface area contributed by atoms with Gasteiger partial charge >= 0.3 is 12.1 Å². The molecular formula is C19H28N2O5. The molecule has 7 nitrogen and oxygen atoms in total. The van der Waals surface area contributed by atoms with Crippen LogP contribution in [0, 0.1) is 5.92 Å². The van der Waals surface area contributed by atoms with E-state index in [1.165, 1.54) is 7.11 Å². The summed E-state index contributed by atoms with van der Waals surface area (Å²) in [7, 11) is 1.27. The third-order valence-electron chi connectivity index (χ3n) is 3.82. The summed E-state index contributed by atoms with van der Waals surface area (Å²) in [6.45, 7) is 5.62. The van der Waals surface area contributed by atoms with Gasteiger partial charge in [0.05, 0.1) is 7.11 Å². The summed E-state index contributed by atoms with van der Waals surface area (Å²) >= 11 is 0. The van der Waals surface area contributed by atoms with E-state index in [1.54, 1.807) is 13.8 Å². The normalized spacial score (nSPS) is 12.8. The molecule has 0 saturated heterocycles. The number of rotatable bonds is 9. The van der Waals surface area contributed by atoms with Gasteiger partial charge in [0.1, 0.15) is 18.7 Å². The van der Waals surface area contributed by atoms with E-state index in [9.17, 15) is 14.4 Å². The fourth-order valence-electron chi connectivity index (χ4n) is 2.34. The van der Waals surface area contributed by atoms with Crippen molar-refractivity contribution in [2.24, 2.45) is 5.92 Å². The lowest BCUT2D eigenvalue weighted by Crippen LogP contribution is -2.53. The van der Waals surface area contributed by atoms with Crippen molar-refractivity contribution < 1.29 is 23.9 Å². The van der Waals surface area contributed by atoms with Crippen molar-refractivity contribution in [2.45, 2.75) is 52.3 Å². The number of methoxy groups -OCH3 is 1. The highest BCUT2D eigenvalue weighted by Crippen LogP contribution is 2.07. The van der Waals surface area contributed by atoms with Gasteiger partial charge in [0, 0.05) is 0 Å². The van der Waals surface area contributed by atoms with Gasteiger partial charge in [-0.1, -0.05) is 57.5 Å². The largest absolute Gasteiger partial charge is 0.467 e. The lowest BCUT2D eigenvalue weighted by atomic mass is 10.0. The number of carbonyl (C=O) groups is 3. The number of hydrogen-bond acceptors (Lipinski definition) is 5. The van der Waals surface area contributed by atoms with E-state index in [-0.39, 0.29) is 12.5 Å². The molecule has 2 atom stereocenters. The Morgan fingerprint density at radius 2 is 1.73 bits per heavy atom. The Balaban J connectivity index is 2.63. The molecule has 0 radical (unpaired) electrons.